The van der Waals surface area contributed by atoms with Crippen molar-refractivity contribution >= 4 is 23.2 Å². The summed E-state index contributed by atoms with van der Waals surface area (Å²) in [5.74, 6) is 0.727. The minimum atomic E-state index is -0.313. The van der Waals surface area contributed by atoms with E-state index in [0.717, 1.165) is 5.56 Å². The fourth-order valence-corrected chi connectivity index (χ4v) is 2.20. The van der Waals surface area contributed by atoms with E-state index in [2.05, 4.69) is 30.0 Å². The molecule has 0 spiro atoms. The molecule has 0 aliphatic rings. The van der Waals surface area contributed by atoms with E-state index in [9.17, 15) is 4.79 Å². The van der Waals surface area contributed by atoms with Crippen molar-refractivity contribution in [3.05, 3.63) is 29.8 Å². The summed E-state index contributed by atoms with van der Waals surface area (Å²) in [7, 11) is 1.61. The number of benzene rings is 1. The zero-order valence-corrected chi connectivity index (χ0v) is 14.8. The average molecular weight is 339 g/mol. The number of ether oxygens (including phenoxy) is 2. The molecule has 0 aromatic heterocycles. The number of hydrazine groups is 1. The SMILES string of the molecule is COC[C@@H](C)NC(=S)NNC(=O)COc1ccccc1C(C)C. The van der Waals surface area contributed by atoms with E-state index in [0.29, 0.717) is 23.4 Å². The molecular formula is C16H25N3O3S. The van der Waals surface area contributed by atoms with Gasteiger partial charge >= 0.3 is 0 Å². The molecule has 1 amide bonds. The van der Waals surface area contributed by atoms with Crippen LogP contribution in [0.4, 0.5) is 0 Å². The zero-order chi connectivity index (χ0) is 17.2. The lowest BCUT2D eigenvalue weighted by atomic mass is 10.0. The van der Waals surface area contributed by atoms with Crippen molar-refractivity contribution in [2.45, 2.75) is 32.7 Å². The summed E-state index contributed by atoms with van der Waals surface area (Å²) in [4.78, 5) is 11.8. The minimum Gasteiger partial charge on any atom is -0.483 e. The van der Waals surface area contributed by atoms with Gasteiger partial charge in [-0.05, 0) is 36.7 Å². The maximum Gasteiger partial charge on any atom is 0.276 e. The number of carbonyl (C=O) groups excluding carboxylic acids is 1. The first kappa shape index (κ1) is 19.2. The van der Waals surface area contributed by atoms with Crippen molar-refractivity contribution < 1.29 is 14.3 Å². The Hall–Kier alpha value is -1.86. The van der Waals surface area contributed by atoms with Crippen LogP contribution in [0, 0.1) is 0 Å². The van der Waals surface area contributed by atoms with Crippen molar-refractivity contribution in [1.82, 2.24) is 16.2 Å². The van der Waals surface area contributed by atoms with Gasteiger partial charge in [-0.2, -0.15) is 0 Å². The van der Waals surface area contributed by atoms with E-state index in [-0.39, 0.29) is 18.6 Å². The van der Waals surface area contributed by atoms with Gasteiger partial charge in [-0.25, -0.2) is 0 Å². The summed E-state index contributed by atoms with van der Waals surface area (Å²) in [5.41, 5.74) is 6.19. The molecule has 1 rings (SSSR count). The molecule has 3 N–H and O–H groups in total. The molecule has 1 aromatic carbocycles. The summed E-state index contributed by atoms with van der Waals surface area (Å²) in [6.07, 6.45) is 0. The van der Waals surface area contributed by atoms with Crippen LogP contribution in [0.1, 0.15) is 32.3 Å². The van der Waals surface area contributed by atoms with Crippen molar-refractivity contribution in [2.75, 3.05) is 20.3 Å². The molecule has 7 heteroatoms. The first-order valence-electron chi connectivity index (χ1n) is 7.50. The van der Waals surface area contributed by atoms with Crippen molar-refractivity contribution in [2.24, 2.45) is 0 Å². The van der Waals surface area contributed by atoms with Crippen LogP contribution in [0.25, 0.3) is 0 Å². The molecule has 0 radical (unpaired) electrons. The van der Waals surface area contributed by atoms with Crippen LogP contribution in [-0.2, 0) is 9.53 Å². The number of thiocarbonyl (C=S) groups is 1. The summed E-state index contributed by atoms with van der Waals surface area (Å²) < 4.78 is 10.6. The first-order valence-corrected chi connectivity index (χ1v) is 7.90. The van der Waals surface area contributed by atoms with E-state index in [4.69, 9.17) is 21.7 Å². The van der Waals surface area contributed by atoms with Gasteiger partial charge in [-0.15, -0.1) is 0 Å². The van der Waals surface area contributed by atoms with Gasteiger partial charge in [-0.3, -0.25) is 15.6 Å². The second-order valence-electron chi connectivity index (χ2n) is 5.48. The molecule has 0 aliphatic carbocycles. The molecule has 0 fully saturated rings. The number of methoxy groups -OCH3 is 1. The Morgan fingerprint density at radius 2 is 1.91 bits per heavy atom. The fraction of sp³-hybridized carbons (Fsp3) is 0.500. The van der Waals surface area contributed by atoms with E-state index in [1.807, 2.05) is 31.2 Å². The molecule has 23 heavy (non-hydrogen) atoms. The number of carbonyl (C=O) groups is 1. The van der Waals surface area contributed by atoms with Gasteiger partial charge in [0, 0.05) is 13.2 Å². The standard InChI is InChI=1S/C16H25N3O3S/c1-11(2)13-7-5-6-8-14(13)22-10-15(20)18-19-16(23)17-12(3)9-21-4/h5-8,11-12H,9-10H2,1-4H3,(H,18,20)(H2,17,19,23)/t12-/m1/s1. The number of hydrogen-bond acceptors (Lipinski definition) is 4. The molecule has 0 heterocycles. The number of hydrogen-bond donors (Lipinski definition) is 3. The van der Waals surface area contributed by atoms with Crippen LogP contribution in [0.15, 0.2) is 24.3 Å². The van der Waals surface area contributed by atoms with Crippen LogP contribution in [0.3, 0.4) is 0 Å². The van der Waals surface area contributed by atoms with Crippen molar-refractivity contribution in [3.8, 4) is 5.75 Å². The van der Waals surface area contributed by atoms with E-state index in [1.54, 1.807) is 7.11 Å². The van der Waals surface area contributed by atoms with Gasteiger partial charge in [-0.1, -0.05) is 32.0 Å². The molecule has 1 atom stereocenters. The second kappa shape index (κ2) is 10.0. The second-order valence-corrected chi connectivity index (χ2v) is 5.89. The van der Waals surface area contributed by atoms with Gasteiger partial charge < -0.3 is 14.8 Å². The van der Waals surface area contributed by atoms with E-state index >= 15 is 0 Å². The molecule has 0 aliphatic heterocycles. The predicted molar refractivity (Wildman–Crippen MR) is 94.4 cm³/mol. The molecule has 0 bridgehead atoms. The Kier molecular flexibility index (Phi) is 8.36. The normalized spacial score (nSPS) is 11.7. The lowest BCUT2D eigenvalue weighted by Gasteiger charge is -2.17. The quantitative estimate of drug-likeness (QED) is 0.519. The fourth-order valence-electron chi connectivity index (χ4n) is 1.95. The van der Waals surface area contributed by atoms with E-state index in [1.165, 1.54) is 0 Å². The Labute approximate surface area is 142 Å². The minimum absolute atomic E-state index is 0.0473. The van der Waals surface area contributed by atoms with Gasteiger partial charge in [0.2, 0.25) is 0 Å². The monoisotopic (exact) mass is 339 g/mol. The maximum atomic E-state index is 11.8. The van der Waals surface area contributed by atoms with Gasteiger partial charge in [0.1, 0.15) is 5.75 Å². The summed E-state index contributed by atoms with van der Waals surface area (Å²) in [6.45, 7) is 6.51. The maximum absolute atomic E-state index is 11.8. The third kappa shape index (κ3) is 7.30. The van der Waals surface area contributed by atoms with Crippen LogP contribution < -0.4 is 20.9 Å². The highest BCUT2D eigenvalue weighted by Crippen LogP contribution is 2.25. The molecule has 0 saturated heterocycles. The Morgan fingerprint density at radius 1 is 1.22 bits per heavy atom. The number of para-hydroxylation sites is 1. The van der Waals surface area contributed by atoms with Crippen LogP contribution >= 0.6 is 12.2 Å². The Bertz CT molecular complexity index is 523. The Morgan fingerprint density at radius 3 is 2.57 bits per heavy atom. The molecular weight excluding hydrogens is 314 g/mol. The molecule has 128 valence electrons. The van der Waals surface area contributed by atoms with Crippen molar-refractivity contribution in [3.63, 3.8) is 0 Å². The lowest BCUT2D eigenvalue weighted by molar-refractivity contribution is -0.123. The summed E-state index contributed by atoms with van der Waals surface area (Å²) in [5, 5.41) is 3.30. The summed E-state index contributed by atoms with van der Waals surface area (Å²) >= 11 is 5.06. The molecule has 0 saturated carbocycles. The number of rotatable bonds is 7. The summed E-state index contributed by atoms with van der Waals surface area (Å²) in [6, 6.07) is 7.73. The van der Waals surface area contributed by atoms with Crippen LogP contribution in [0.2, 0.25) is 0 Å². The molecule has 6 nitrogen and oxygen atoms in total. The largest absolute Gasteiger partial charge is 0.483 e. The highest BCUT2D eigenvalue weighted by molar-refractivity contribution is 7.80. The molecule has 1 aromatic rings. The van der Waals surface area contributed by atoms with Gasteiger partial charge in [0.25, 0.3) is 5.91 Å². The van der Waals surface area contributed by atoms with Gasteiger partial charge in [0.05, 0.1) is 6.61 Å². The van der Waals surface area contributed by atoms with E-state index < -0.39 is 0 Å². The first-order chi connectivity index (χ1) is 10.9. The van der Waals surface area contributed by atoms with Crippen LogP contribution in [0.5, 0.6) is 5.75 Å². The average Bonchev–Trinajstić information content (AvgIpc) is 2.51. The van der Waals surface area contributed by atoms with Crippen molar-refractivity contribution in [1.29, 1.82) is 0 Å². The highest BCUT2D eigenvalue weighted by atomic mass is 32.1. The Balaban J connectivity index is 2.36. The lowest BCUT2D eigenvalue weighted by Crippen LogP contribution is -2.50. The third-order valence-electron chi connectivity index (χ3n) is 3.01. The number of amides is 1. The zero-order valence-electron chi connectivity index (χ0n) is 14.0. The van der Waals surface area contributed by atoms with Gasteiger partial charge in [0.15, 0.2) is 11.7 Å². The topological polar surface area (TPSA) is 71.6 Å². The van der Waals surface area contributed by atoms with Crippen LogP contribution in [-0.4, -0.2) is 37.4 Å². The highest BCUT2D eigenvalue weighted by Gasteiger charge is 2.09. The smallest absolute Gasteiger partial charge is 0.276 e. The third-order valence-corrected chi connectivity index (χ3v) is 3.23. The predicted octanol–water partition coefficient (Wildman–Crippen LogP) is 1.72. The molecule has 0 unspecified atom stereocenters. The number of nitrogens with one attached hydrogen (secondary N) is 3.